The molecule has 0 spiro atoms. The summed E-state index contributed by atoms with van der Waals surface area (Å²) >= 11 is 3.44. The highest BCUT2D eigenvalue weighted by atomic mass is 79.9. The van der Waals surface area contributed by atoms with Gasteiger partial charge in [0.2, 0.25) is 0 Å². The fourth-order valence-corrected chi connectivity index (χ4v) is 4.01. The lowest BCUT2D eigenvalue weighted by atomic mass is 9.98. The molecule has 1 amide bonds. The van der Waals surface area contributed by atoms with Crippen LogP contribution in [0, 0.1) is 11.8 Å². The molecule has 2 fully saturated rings. The Morgan fingerprint density at radius 3 is 2.74 bits per heavy atom. The van der Waals surface area contributed by atoms with E-state index in [1.165, 1.54) is 0 Å². The lowest BCUT2D eigenvalue weighted by Gasteiger charge is -2.21. The summed E-state index contributed by atoms with van der Waals surface area (Å²) in [5, 5.41) is 0. The number of nitrogens with two attached hydrogens (primary N) is 1. The number of likely N-dealkylation sites (tertiary alicyclic amines) is 1. The van der Waals surface area contributed by atoms with Gasteiger partial charge in [-0.25, -0.2) is 0 Å². The molecule has 1 saturated carbocycles. The number of hydrogen-bond acceptors (Lipinski definition) is 3. The number of benzene rings is 1. The lowest BCUT2D eigenvalue weighted by Crippen LogP contribution is -2.33. The highest BCUT2D eigenvalue weighted by Crippen LogP contribution is 2.38. The van der Waals surface area contributed by atoms with Gasteiger partial charge in [-0.15, -0.1) is 12.4 Å². The molecule has 1 aliphatic heterocycles. The SMILES string of the molecule is CC(C)Oc1cc(Br)ccc1C(=O)N1CC2CCC(N)C2C1.Cl. The van der Waals surface area contributed by atoms with E-state index >= 15 is 0 Å². The molecule has 1 aromatic carbocycles. The van der Waals surface area contributed by atoms with Gasteiger partial charge in [-0.3, -0.25) is 4.79 Å². The Hall–Kier alpha value is -0.780. The highest BCUT2D eigenvalue weighted by Gasteiger charge is 2.42. The second-order valence-electron chi connectivity index (χ2n) is 6.68. The van der Waals surface area contributed by atoms with E-state index in [0.29, 0.717) is 23.1 Å². The summed E-state index contributed by atoms with van der Waals surface area (Å²) in [4.78, 5) is 14.8. The van der Waals surface area contributed by atoms with Crippen LogP contribution in [0.15, 0.2) is 22.7 Å². The van der Waals surface area contributed by atoms with Crippen molar-refractivity contribution in [1.29, 1.82) is 0 Å². The van der Waals surface area contributed by atoms with Crippen LogP contribution in [0.2, 0.25) is 0 Å². The van der Waals surface area contributed by atoms with Crippen LogP contribution in [0.3, 0.4) is 0 Å². The van der Waals surface area contributed by atoms with Gasteiger partial charge in [0.05, 0.1) is 11.7 Å². The van der Waals surface area contributed by atoms with Crippen molar-refractivity contribution < 1.29 is 9.53 Å². The zero-order valence-corrected chi connectivity index (χ0v) is 15.9. The first-order valence-electron chi connectivity index (χ1n) is 7.96. The maximum atomic E-state index is 12.9. The molecule has 0 bridgehead atoms. The van der Waals surface area contributed by atoms with Gasteiger partial charge >= 0.3 is 0 Å². The second kappa shape index (κ2) is 7.41. The van der Waals surface area contributed by atoms with Gasteiger partial charge in [-0.2, -0.15) is 0 Å². The van der Waals surface area contributed by atoms with Crippen LogP contribution in [0.4, 0.5) is 0 Å². The summed E-state index contributed by atoms with van der Waals surface area (Å²) in [7, 11) is 0. The van der Waals surface area contributed by atoms with E-state index in [0.717, 1.165) is 30.4 Å². The molecule has 6 heteroatoms. The van der Waals surface area contributed by atoms with Gasteiger partial charge in [0.15, 0.2) is 0 Å². The molecule has 128 valence electrons. The number of amides is 1. The summed E-state index contributed by atoms with van der Waals surface area (Å²) in [6.07, 6.45) is 2.27. The van der Waals surface area contributed by atoms with Gasteiger partial charge in [0, 0.05) is 23.6 Å². The molecule has 1 saturated heterocycles. The van der Waals surface area contributed by atoms with Gasteiger partial charge < -0.3 is 15.4 Å². The van der Waals surface area contributed by atoms with Crippen LogP contribution in [-0.4, -0.2) is 36.0 Å². The predicted octanol–water partition coefficient (Wildman–Crippen LogP) is 3.47. The molecule has 0 radical (unpaired) electrons. The van der Waals surface area contributed by atoms with E-state index in [4.69, 9.17) is 10.5 Å². The Bertz CT molecular complexity index is 582. The van der Waals surface area contributed by atoms with E-state index < -0.39 is 0 Å². The molecule has 2 aliphatic rings. The topological polar surface area (TPSA) is 55.6 Å². The van der Waals surface area contributed by atoms with Crippen molar-refractivity contribution >= 4 is 34.2 Å². The van der Waals surface area contributed by atoms with Crippen LogP contribution in [0.5, 0.6) is 5.75 Å². The van der Waals surface area contributed by atoms with Crippen LogP contribution < -0.4 is 10.5 Å². The molecule has 0 aromatic heterocycles. The van der Waals surface area contributed by atoms with Crippen LogP contribution in [-0.2, 0) is 0 Å². The number of fused-ring (bicyclic) bond motifs is 1. The largest absolute Gasteiger partial charge is 0.490 e. The molecule has 4 nitrogen and oxygen atoms in total. The maximum absolute atomic E-state index is 12.9. The quantitative estimate of drug-likeness (QED) is 0.841. The average molecular weight is 404 g/mol. The van der Waals surface area contributed by atoms with Crippen molar-refractivity contribution in [1.82, 2.24) is 4.90 Å². The number of ether oxygens (including phenoxy) is 1. The standard InChI is InChI=1S/C17H23BrN2O2.ClH/c1-10(2)22-16-7-12(18)4-5-13(16)17(21)20-8-11-3-6-15(19)14(11)9-20;/h4-5,7,10-11,14-15H,3,6,8-9,19H2,1-2H3;1H. The summed E-state index contributed by atoms with van der Waals surface area (Å²) in [6.45, 7) is 5.54. The van der Waals surface area contributed by atoms with Gasteiger partial charge in [-0.05, 0) is 56.7 Å². The summed E-state index contributed by atoms with van der Waals surface area (Å²) in [5.74, 6) is 1.75. The third-order valence-electron chi connectivity index (χ3n) is 4.74. The van der Waals surface area contributed by atoms with E-state index in [1.54, 1.807) is 0 Å². The first kappa shape index (κ1) is 18.6. The number of carbonyl (C=O) groups is 1. The first-order valence-corrected chi connectivity index (χ1v) is 8.76. The zero-order chi connectivity index (χ0) is 15.9. The lowest BCUT2D eigenvalue weighted by molar-refractivity contribution is 0.0773. The molecular weight excluding hydrogens is 380 g/mol. The van der Waals surface area contributed by atoms with Gasteiger partial charge in [0.1, 0.15) is 5.75 Å². The van der Waals surface area contributed by atoms with Crippen molar-refractivity contribution in [3.05, 3.63) is 28.2 Å². The van der Waals surface area contributed by atoms with E-state index in [2.05, 4.69) is 15.9 Å². The van der Waals surface area contributed by atoms with E-state index in [1.807, 2.05) is 36.9 Å². The Kier molecular flexibility index (Phi) is 5.98. The van der Waals surface area contributed by atoms with Crippen LogP contribution >= 0.6 is 28.3 Å². The number of nitrogens with zero attached hydrogens (tertiary/aromatic N) is 1. The smallest absolute Gasteiger partial charge is 0.257 e. The number of rotatable bonds is 3. The van der Waals surface area contributed by atoms with E-state index in [9.17, 15) is 4.79 Å². The molecule has 3 unspecified atom stereocenters. The highest BCUT2D eigenvalue weighted by molar-refractivity contribution is 9.10. The third kappa shape index (κ3) is 3.83. The average Bonchev–Trinajstić information content (AvgIpc) is 3.00. The Balaban J connectivity index is 0.00000192. The van der Waals surface area contributed by atoms with Crippen molar-refractivity contribution in [2.24, 2.45) is 17.6 Å². The fraction of sp³-hybridized carbons (Fsp3) is 0.588. The normalized spacial score (nSPS) is 26.1. The molecule has 23 heavy (non-hydrogen) atoms. The Labute approximate surface area is 152 Å². The monoisotopic (exact) mass is 402 g/mol. The number of halogens is 2. The number of carbonyl (C=O) groups excluding carboxylic acids is 1. The molecule has 3 atom stereocenters. The molecule has 1 heterocycles. The Morgan fingerprint density at radius 1 is 1.35 bits per heavy atom. The minimum atomic E-state index is 0. The zero-order valence-electron chi connectivity index (χ0n) is 13.5. The van der Waals surface area contributed by atoms with Crippen LogP contribution in [0.1, 0.15) is 37.0 Å². The second-order valence-corrected chi connectivity index (χ2v) is 7.60. The van der Waals surface area contributed by atoms with Crippen LogP contribution in [0.25, 0.3) is 0 Å². The third-order valence-corrected chi connectivity index (χ3v) is 5.23. The van der Waals surface area contributed by atoms with Gasteiger partial charge in [0.25, 0.3) is 5.91 Å². The Morgan fingerprint density at radius 2 is 2.09 bits per heavy atom. The fourth-order valence-electron chi connectivity index (χ4n) is 3.67. The van der Waals surface area contributed by atoms with Crippen molar-refractivity contribution in [2.45, 2.75) is 38.8 Å². The summed E-state index contributed by atoms with van der Waals surface area (Å²) in [6, 6.07) is 5.86. The maximum Gasteiger partial charge on any atom is 0.257 e. The van der Waals surface area contributed by atoms with E-state index in [-0.39, 0.29) is 30.5 Å². The van der Waals surface area contributed by atoms with Crippen molar-refractivity contribution in [3.8, 4) is 5.75 Å². The number of hydrogen-bond donors (Lipinski definition) is 1. The van der Waals surface area contributed by atoms with Gasteiger partial charge in [-0.1, -0.05) is 15.9 Å². The van der Waals surface area contributed by atoms with Crippen molar-refractivity contribution in [2.75, 3.05) is 13.1 Å². The molecule has 1 aromatic rings. The molecule has 1 aliphatic carbocycles. The summed E-state index contributed by atoms with van der Waals surface area (Å²) in [5.41, 5.74) is 6.81. The minimum absolute atomic E-state index is 0. The van der Waals surface area contributed by atoms with Crippen molar-refractivity contribution in [3.63, 3.8) is 0 Å². The first-order chi connectivity index (χ1) is 10.5. The predicted molar refractivity (Wildman–Crippen MR) is 97.2 cm³/mol. The minimum Gasteiger partial charge on any atom is -0.490 e. The molecule has 2 N–H and O–H groups in total. The molecular formula is C17H24BrClN2O2. The molecule has 3 rings (SSSR count). The summed E-state index contributed by atoms with van der Waals surface area (Å²) < 4.78 is 6.74.